The third-order valence-electron chi connectivity index (χ3n) is 13.5. The molecule has 9 nitrogen and oxygen atoms in total. The van der Waals surface area contributed by atoms with Crippen LogP contribution in [0.5, 0.6) is 5.75 Å². The Morgan fingerprint density at radius 2 is 1.04 bits per heavy atom. The number of aryl methyl sites for hydroxylation is 1. The van der Waals surface area contributed by atoms with Crippen LogP contribution >= 0.6 is 0 Å². The average molecular weight is 875 g/mol. The largest absolute Gasteiger partial charge is 0.493 e. The van der Waals surface area contributed by atoms with Crippen LogP contribution in [0.1, 0.15) is 78.8 Å². The van der Waals surface area contributed by atoms with E-state index in [9.17, 15) is 0 Å². The first-order valence-electron chi connectivity index (χ1n) is 23.0. The van der Waals surface area contributed by atoms with Crippen molar-refractivity contribution in [2.45, 2.75) is 58.3 Å². The maximum absolute atomic E-state index is 6.40. The van der Waals surface area contributed by atoms with Gasteiger partial charge in [0, 0.05) is 96.1 Å². The second kappa shape index (κ2) is 15.3. The number of H-pyrrole nitrogens is 4. The molecule has 0 spiro atoms. The van der Waals surface area contributed by atoms with E-state index in [4.69, 9.17) is 24.7 Å². The number of hydrogen-bond donors (Lipinski definition) is 4. The topological polar surface area (TPSA) is 124 Å². The summed E-state index contributed by atoms with van der Waals surface area (Å²) in [5.41, 5.74) is 22.5. The number of fused-ring (bicyclic) bond motifs is 16. The smallest absolute Gasteiger partial charge is 0.164 e. The van der Waals surface area contributed by atoms with E-state index in [0.29, 0.717) is 6.42 Å². The van der Waals surface area contributed by atoms with Crippen molar-refractivity contribution in [2.24, 2.45) is 0 Å². The number of rotatable bonds is 4. The predicted octanol–water partition coefficient (Wildman–Crippen LogP) is 13.6. The standard InChI is InChI=1S/C58H50N8O/c1-33-7-9-34(10-8-33)46-26-43-29-53-58(4,5)32-51(66-53)56(67-6)55-47(27-44(65-55)30-52-57(2,3)31-45(64-52)28-50(46)63-43)35-11-13-36(14-12-35)54-48-21-19-41(61-48)24-39-17-15-37(59-39)23-38-16-18-40(60-38)25-42-20-22-49(54)62-42/h7-30,59,62-63,65H,31-32H2,1-6H3. The van der Waals surface area contributed by atoms with E-state index >= 15 is 0 Å². The Kier molecular flexibility index (Phi) is 9.23. The molecule has 0 radical (unpaired) electrons. The monoisotopic (exact) mass is 874 g/mol. The van der Waals surface area contributed by atoms with Crippen molar-refractivity contribution in [3.05, 3.63) is 172 Å². The number of aromatic amines is 4. The molecule has 0 unspecified atom stereocenters. The lowest BCUT2D eigenvalue weighted by molar-refractivity contribution is 0.409. The third kappa shape index (κ3) is 7.46. The van der Waals surface area contributed by atoms with Gasteiger partial charge in [0.15, 0.2) is 5.75 Å². The first-order chi connectivity index (χ1) is 32.4. The highest BCUT2D eigenvalue weighted by atomic mass is 16.5. The van der Waals surface area contributed by atoms with E-state index in [-0.39, 0.29) is 10.8 Å². The number of nitrogens with one attached hydrogen (secondary N) is 4. The maximum Gasteiger partial charge on any atom is 0.164 e. The summed E-state index contributed by atoms with van der Waals surface area (Å²) in [5.74, 6) is 0.730. The molecule has 4 aliphatic heterocycles. The van der Waals surface area contributed by atoms with E-state index < -0.39 is 0 Å². The van der Waals surface area contributed by atoms with Gasteiger partial charge >= 0.3 is 0 Å². The van der Waals surface area contributed by atoms with Gasteiger partial charge in [-0.2, -0.15) is 0 Å². The molecule has 0 fully saturated rings. The molecule has 2 aromatic carbocycles. The van der Waals surface area contributed by atoms with Crippen molar-refractivity contribution in [3.63, 3.8) is 0 Å². The number of benzene rings is 2. The second-order valence-corrected chi connectivity index (χ2v) is 19.6. The Morgan fingerprint density at radius 3 is 1.78 bits per heavy atom. The van der Waals surface area contributed by atoms with E-state index in [1.807, 2.05) is 12.2 Å². The molecule has 0 saturated carbocycles. The van der Waals surface area contributed by atoms with Gasteiger partial charge < -0.3 is 24.7 Å². The summed E-state index contributed by atoms with van der Waals surface area (Å²) < 4.78 is 6.40. The molecule has 0 atom stereocenters. The summed E-state index contributed by atoms with van der Waals surface area (Å²) >= 11 is 0. The molecule has 67 heavy (non-hydrogen) atoms. The number of nitrogens with zero attached hydrogens (tertiary/aromatic N) is 4. The lowest BCUT2D eigenvalue weighted by atomic mass is 9.86. The van der Waals surface area contributed by atoms with Crippen LogP contribution in [0, 0.1) is 6.92 Å². The van der Waals surface area contributed by atoms with Gasteiger partial charge in [0.2, 0.25) is 0 Å². The molecular weight excluding hydrogens is 825 g/mol. The maximum atomic E-state index is 6.40. The Bertz CT molecular complexity index is 3740. The molecule has 12 rings (SSSR count). The Balaban J connectivity index is 1.05. The van der Waals surface area contributed by atoms with Crippen molar-refractivity contribution in [2.75, 3.05) is 7.11 Å². The molecule has 0 aliphatic carbocycles. The molecular formula is C58H50N8O. The minimum atomic E-state index is -0.242. The molecule has 9 heteroatoms. The molecule has 4 aliphatic rings. The SMILES string of the molecule is COc1c2nc(cc3cc(-c4ccc(C)cc4)c(cc4nc(cc5cc(-c6ccc(-c7c8nc(cc9ccc(cc%10nc(cc%11ccc7[nH]%11)C=C%10)[nH]9)C=C8)cc6)c1[nH]5)C(C)(C)C4)[nH]3)C(C)(C)C2. The fourth-order valence-electron chi connectivity index (χ4n) is 9.97. The highest BCUT2D eigenvalue weighted by Gasteiger charge is 2.32. The lowest BCUT2D eigenvalue weighted by Gasteiger charge is -2.16. The molecule has 10 heterocycles. The molecule has 16 bridgehead atoms. The first-order valence-corrected chi connectivity index (χ1v) is 23.0. The van der Waals surface area contributed by atoms with Gasteiger partial charge in [0.25, 0.3) is 0 Å². The zero-order valence-corrected chi connectivity index (χ0v) is 38.5. The van der Waals surface area contributed by atoms with Crippen molar-refractivity contribution < 1.29 is 4.74 Å². The summed E-state index contributed by atoms with van der Waals surface area (Å²) in [6, 6.07) is 43.2. The fourth-order valence-corrected chi connectivity index (χ4v) is 9.97. The van der Waals surface area contributed by atoms with Crippen molar-refractivity contribution in [1.29, 1.82) is 0 Å². The minimum absolute atomic E-state index is 0.190. The third-order valence-corrected chi connectivity index (χ3v) is 13.5. The van der Waals surface area contributed by atoms with Crippen LogP contribution in [0.2, 0.25) is 0 Å². The summed E-state index contributed by atoms with van der Waals surface area (Å²) in [6.07, 6.45) is 9.79. The second-order valence-electron chi connectivity index (χ2n) is 19.6. The summed E-state index contributed by atoms with van der Waals surface area (Å²) in [4.78, 5) is 35.4. The van der Waals surface area contributed by atoms with Crippen LogP contribution in [-0.4, -0.2) is 47.0 Å². The quantitative estimate of drug-likeness (QED) is 0.140. The van der Waals surface area contributed by atoms with Crippen molar-refractivity contribution in [1.82, 2.24) is 39.9 Å². The van der Waals surface area contributed by atoms with Gasteiger partial charge in [-0.15, -0.1) is 0 Å². The van der Waals surface area contributed by atoms with E-state index in [1.54, 1.807) is 7.11 Å². The van der Waals surface area contributed by atoms with E-state index in [1.165, 1.54) is 5.56 Å². The Hall–Kier alpha value is -8.04. The average Bonchev–Trinajstić information content (AvgIpc) is 4.17. The predicted molar refractivity (Wildman–Crippen MR) is 274 cm³/mol. The van der Waals surface area contributed by atoms with Crippen LogP contribution in [0.25, 0.3) is 102 Å². The molecule has 8 aromatic rings. The highest BCUT2D eigenvalue weighted by molar-refractivity contribution is 5.94. The Morgan fingerprint density at radius 1 is 0.478 bits per heavy atom. The van der Waals surface area contributed by atoms with Crippen LogP contribution < -0.4 is 4.74 Å². The van der Waals surface area contributed by atoms with Gasteiger partial charge in [-0.05, 0) is 121 Å². The van der Waals surface area contributed by atoms with Gasteiger partial charge in [0.05, 0.1) is 41.1 Å². The summed E-state index contributed by atoms with van der Waals surface area (Å²) in [5, 5.41) is 0. The number of aromatic nitrogens is 8. The van der Waals surface area contributed by atoms with Crippen molar-refractivity contribution >= 4 is 68.4 Å². The highest BCUT2D eigenvalue weighted by Crippen LogP contribution is 2.41. The molecule has 328 valence electrons. The van der Waals surface area contributed by atoms with Crippen LogP contribution in [0.4, 0.5) is 0 Å². The van der Waals surface area contributed by atoms with Crippen LogP contribution in [-0.2, 0) is 23.7 Å². The molecule has 4 N–H and O–H groups in total. The minimum Gasteiger partial charge on any atom is -0.493 e. The van der Waals surface area contributed by atoms with Gasteiger partial charge in [-0.25, -0.2) is 9.97 Å². The molecule has 6 aromatic heterocycles. The molecule has 0 saturated heterocycles. The van der Waals surface area contributed by atoms with Gasteiger partial charge in [-0.1, -0.05) is 81.8 Å². The number of hydrogen-bond acceptors (Lipinski definition) is 5. The number of ether oxygens (including phenoxy) is 1. The van der Waals surface area contributed by atoms with Gasteiger partial charge in [-0.3, -0.25) is 9.97 Å². The summed E-state index contributed by atoms with van der Waals surface area (Å²) in [6.45, 7) is 11.2. The zero-order valence-electron chi connectivity index (χ0n) is 38.5. The summed E-state index contributed by atoms with van der Waals surface area (Å²) in [7, 11) is 1.75. The van der Waals surface area contributed by atoms with Crippen LogP contribution in [0.15, 0.2) is 121 Å². The normalized spacial score (nSPS) is 14.7. The van der Waals surface area contributed by atoms with Gasteiger partial charge in [0.1, 0.15) is 0 Å². The van der Waals surface area contributed by atoms with Crippen LogP contribution in [0.3, 0.4) is 0 Å². The van der Waals surface area contributed by atoms with E-state index in [0.717, 1.165) is 135 Å². The van der Waals surface area contributed by atoms with Crippen molar-refractivity contribution in [3.8, 4) is 39.1 Å². The first kappa shape index (κ1) is 40.5. The number of methoxy groups -OCH3 is 1. The van der Waals surface area contributed by atoms with E-state index in [2.05, 4.69) is 188 Å². The zero-order chi connectivity index (χ0) is 45.6. The lowest BCUT2D eigenvalue weighted by Crippen LogP contribution is -2.15. The Labute approximate surface area is 388 Å². The molecule has 0 amide bonds. The fraction of sp³-hybridized carbons (Fsp3) is 0.172.